The monoisotopic (exact) mass is 471 g/mol. The molecule has 1 aliphatic rings. The van der Waals surface area contributed by atoms with E-state index in [4.69, 9.17) is 0 Å². The SMILES string of the molecule is CSCCC(NS(=O)(=O)c1ccccc1F)C(=O)NCCN1CCc2sccc2C1. The first-order valence-corrected chi connectivity index (χ1v) is 13.5. The lowest BCUT2D eigenvalue weighted by Gasteiger charge is -2.27. The first kappa shape index (κ1) is 23.2. The van der Waals surface area contributed by atoms with Gasteiger partial charge in [0, 0.05) is 31.1 Å². The maximum atomic E-state index is 14.0. The van der Waals surface area contributed by atoms with Gasteiger partial charge in [0.25, 0.3) is 0 Å². The highest BCUT2D eigenvalue weighted by molar-refractivity contribution is 7.98. The van der Waals surface area contributed by atoms with Gasteiger partial charge in [0.15, 0.2) is 0 Å². The molecule has 164 valence electrons. The first-order chi connectivity index (χ1) is 14.4. The number of hydrogen-bond donors (Lipinski definition) is 2. The fraction of sp³-hybridized carbons (Fsp3) is 0.450. The number of sulfonamides is 1. The molecule has 0 aliphatic carbocycles. The molecular weight excluding hydrogens is 445 g/mol. The molecule has 2 heterocycles. The van der Waals surface area contributed by atoms with E-state index in [1.165, 1.54) is 40.4 Å². The Morgan fingerprint density at radius 1 is 1.33 bits per heavy atom. The largest absolute Gasteiger partial charge is 0.353 e. The molecule has 1 aromatic carbocycles. The van der Waals surface area contributed by atoms with E-state index in [0.717, 1.165) is 25.6 Å². The van der Waals surface area contributed by atoms with E-state index >= 15 is 0 Å². The van der Waals surface area contributed by atoms with Crippen molar-refractivity contribution in [1.29, 1.82) is 0 Å². The van der Waals surface area contributed by atoms with Gasteiger partial charge in [-0.05, 0) is 54.0 Å². The lowest BCUT2D eigenvalue weighted by atomic mass is 10.1. The topological polar surface area (TPSA) is 78.5 Å². The summed E-state index contributed by atoms with van der Waals surface area (Å²) in [4.78, 5) is 15.9. The molecule has 1 unspecified atom stereocenters. The van der Waals surface area contributed by atoms with Gasteiger partial charge in [-0.2, -0.15) is 16.5 Å². The van der Waals surface area contributed by atoms with Gasteiger partial charge >= 0.3 is 0 Å². The van der Waals surface area contributed by atoms with E-state index in [2.05, 4.69) is 26.4 Å². The molecular formula is C20H26FN3O3S3. The molecule has 0 saturated carbocycles. The van der Waals surface area contributed by atoms with E-state index in [1.54, 1.807) is 11.3 Å². The van der Waals surface area contributed by atoms with Crippen LogP contribution < -0.4 is 10.0 Å². The summed E-state index contributed by atoms with van der Waals surface area (Å²) in [7, 11) is -4.14. The third kappa shape index (κ3) is 6.04. The van der Waals surface area contributed by atoms with Crippen LogP contribution in [0.15, 0.2) is 40.6 Å². The number of thiophene rings is 1. The molecule has 10 heteroatoms. The van der Waals surface area contributed by atoms with Crippen molar-refractivity contribution >= 4 is 39.0 Å². The van der Waals surface area contributed by atoms with Gasteiger partial charge in [0.1, 0.15) is 16.8 Å². The fourth-order valence-electron chi connectivity index (χ4n) is 3.35. The summed E-state index contributed by atoms with van der Waals surface area (Å²) in [6.45, 7) is 2.93. The lowest BCUT2D eigenvalue weighted by Crippen LogP contribution is -2.48. The molecule has 0 saturated heterocycles. The summed E-state index contributed by atoms with van der Waals surface area (Å²) < 4.78 is 41.5. The first-order valence-electron chi connectivity index (χ1n) is 9.72. The van der Waals surface area contributed by atoms with Gasteiger partial charge < -0.3 is 5.32 Å². The van der Waals surface area contributed by atoms with Crippen LogP contribution >= 0.6 is 23.1 Å². The molecule has 0 spiro atoms. The van der Waals surface area contributed by atoms with Crippen molar-refractivity contribution in [3.05, 3.63) is 52.0 Å². The summed E-state index contributed by atoms with van der Waals surface area (Å²) in [5, 5.41) is 4.94. The van der Waals surface area contributed by atoms with Gasteiger partial charge in [-0.3, -0.25) is 9.69 Å². The molecule has 1 aliphatic heterocycles. The molecule has 0 radical (unpaired) electrons. The number of rotatable bonds is 10. The average Bonchev–Trinajstić information content (AvgIpc) is 3.19. The third-order valence-electron chi connectivity index (χ3n) is 4.96. The Balaban J connectivity index is 1.56. The summed E-state index contributed by atoms with van der Waals surface area (Å²) in [5.41, 5.74) is 1.34. The molecule has 30 heavy (non-hydrogen) atoms. The van der Waals surface area contributed by atoms with Gasteiger partial charge in [0.2, 0.25) is 15.9 Å². The summed E-state index contributed by atoms with van der Waals surface area (Å²) >= 11 is 3.30. The Bertz CT molecular complexity index is 965. The van der Waals surface area contributed by atoms with Crippen LogP contribution in [0.1, 0.15) is 16.9 Å². The number of fused-ring (bicyclic) bond motifs is 1. The van der Waals surface area contributed by atoms with Crippen molar-refractivity contribution in [2.45, 2.75) is 30.3 Å². The predicted octanol–water partition coefficient (Wildman–Crippen LogP) is 2.46. The number of halogens is 1. The van der Waals surface area contributed by atoms with Crippen molar-refractivity contribution in [3.8, 4) is 0 Å². The van der Waals surface area contributed by atoms with Crippen LogP contribution in [-0.2, 0) is 27.8 Å². The Morgan fingerprint density at radius 3 is 2.90 bits per heavy atom. The van der Waals surface area contributed by atoms with E-state index in [0.29, 0.717) is 25.3 Å². The second-order valence-corrected chi connectivity index (χ2v) is 10.7. The lowest BCUT2D eigenvalue weighted by molar-refractivity contribution is -0.122. The maximum absolute atomic E-state index is 14.0. The normalized spacial score (nSPS) is 15.5. The van der Waals surface area contributed by atoms with Crippen molar-refractivity contribution < 1.29 is 17.6 Å². The zero-order chi connectivity index (χ0) is 21.6. The van der Waals surface area contributed by atoms with E-state index in [9.17, 15) is 17.6 Å². The summed E-state index contributed by atoms with van der Waals surface area (Å²) in [5.74, 6) is -0.630. The Morgan fingerprint density at radius 2 is 2.13 bits per heavy atom. The zero-order valence-electron chi connectivity index (χ0n) is 16.8. The number of carbonyl (C=O) groups excluding carboxylic acids is 1. The summed E-state index contributed by atoms with van der Waals surface area (Å²) in [6.07, 6.45) is 3.22. The fourth-order valence-corrected chi connectivity index (χ4v) is 6.02. The van der Waals surface area contributed by atoms with E-state index in [1.807, 2.05) is 6.26 Å². The number of hydrogen-bond acceptors (Lipinski definition) is 6. The Hall–Kier alpha value is -1.46. The Kier molecular flexibility index (Phi) is 8.29. The van der Waals surface area contributed by atoms with Crippen LogP contribution in [0.3, 0.4) is 0 Å². The van der Waals surface area contributed by atoms with Crippen molar-refractivity contribution in [1.82, 2.24) is 14.9 Å². The van der Waals surface area contributed by atoms with Crippen molar-refractivity contribution in [2.75, 3.05) is 31.6 Å². The second-order valence-electron chi connectivity index (χ2n) is 7.07. The highest BCUT2D eigenvalue weighted by Crippen LogP contribution is 2.23. The standard InChI is InChI=1S/C20H26FN3O3S3/c1-28-12-8-17(23-30(26,27)19-5-3-2-4-16(19)21)20(25)22-9-11-24-10-6-18-15(14-24)7-13-29-18/h2-5,7,13,17,23H,6,8-12,14H2,1H3,(H,22,25). The molecule has 0 fully saturated rings. The van der Waals surface area contributed by atoms with Crippen LogP contribution in [0.4, 0.5) is 4.39 Å². The number of amides is 1. The minimum absolute atomic E-state index is 0.322. The minimum Gasteiger partial charge on any atom is -0.353 e. The van der Waals surface area contributed by atoms with Crippen LogP contribution in [0.5, 0.6) is 0 Å². The average molecular weight is 472 g/mol. The molecule has 2 aromatic rings. The minimum atomic E-state index is -4.14. The predicted molar refractivity (Wildman–Crippen MR) is 120 cm³/mol. The van der Waals surface area contributed by atoms with Crippen LogP contribution in [0, 0.1) is 5.82 Å². The van der Waals surface area contributed by atoms with Gasteiger partial charge in [-0.25, -0.2) is 12.8 Å². The summed E-state index contributed by atoms with van der Waals surface area (Å²) in [6, 6.07) is 6.34. The highest BCUT2D eigenvalue weighted by Gasteiger charge is 2.27. The van der Waals surface area contributed by atoms with Gasteiger partial charge in [-0.1, -0.05) is 12.1 Å². The van der Waals surface area contributed by atoms with E-state index in [-0.39, 0.29) is 0 Å². The number of carbonyl (C=O) groups is 1. The number of benzene rings is 1. The molecule has 1 aromatic heterocycles. The van der Waals surface area contributed by atoms with Crippen LogP contribution in [0.2, 0.25) is 0 Å². The zero-order valence-corrected chi connectivity index (χ0v) is 19.2. The number of thioether (sulfide) groups is 1. The maximum Gasteiger partial charge on any atom is 0.244 e. The molecule has 1 amide bonds. The molecule has 3 rings (SSSR count). The third-order valence-corrected chi connectivity index (χ3v) is 8.14. The second kappa shape index (κ2) is 10.7. The number of nitrogens with one attached hydrogen (secondary N) is 2. The Labute approximate surface area is 185 Å². The van der Waals surface area contributed by atoms with Gasteiger partial charge in [-0.15, -0.1) is 11.3 Å². The molecule has 2 N–H and O–H groups in total. The smallest absolute Gasteiger partial charge is 0.244 e. The van der Waals surface area contributed by atoms with E-state index < -0.39 is 32.7 Å². The highest BCUT2D eigenvalue weighted by atomic mass is 32.2. The molecule has 1 atom stereocenters. The van der Waals surface area contributed by atoms with Crippen LogP contribution in [0.25, 0.3) is 0 Å². The van der Waals surface area contributed by atoms with Crippen molar-refractivity contribution in [2.24, 2.45) is 0 Å². The number of nitrogens with zero attached hydrogens (tertiary/aromatic N) is 1. The van der Waals surface area contributed by atoms with Crippen molar-refractivity contribution in [3.63, 3.8) is 0 Å². The molecule has 6 nitrogen and oxygen atoms in total. The van der Waals surface area contributed by atoms with Gasteiger partial charge in [0.05, 0.1) is 0 Å². The van der Waals surface area contributed by atoms with Crippen LogP contribution in [-0.4, -0.2) is 56.9 Å². The quantitative estimate of drug-likeness (QED) is 0.557. The molecule has 0 bridgehead atoms.